The number of pyridine rings is 1. The van der Waals surface area contributed by atoms with E-state index >= 15 is 0 Å². The molecule has 1 aromatic heterocycles. The summed E-state index contributed by atoms with van der Waals surface area (Å²) in [4.78, 5) is 51.0. The van der Waals surface area contributed by atoms with Crippen LogP contribution in [0.4, 0.5) is 0 Å². The van der Waals surface area contributed by atoms with Crippen LogP contribution in [0.3, 0.4) is 0 Å². The second-order valence-electron chi connectivity index (χ2n) is 6.29. The van der Waals surface area contributed by atoms with Gasteiger partial charge < -0.3 is 5.11 Å². The number of carbonyl (C=O) groups excluding carboxylic acids is 3. The maximum absolute atomic E-state index is 12.8. The molecule has 0 saturated carbocycles. The van der Waals surface area contributed by atoms with Crippen LogP contribution in [-0.2, 0) is 25.6 Å². The average Bonchev–Trinajstić information content (AvgIpc) is 2.61. The minimum absolute atomic E-state index is 0.258. The number of nitrogens with zero attached hydrogens (tertiary/aromatic N) is 3. The molecule has 2 amide bonds. The summed E-state index contributed by atoms with van der Waals surface area (Å²) in [5.41, 5.74) is 1.07. The smallest absolute Gasteiger partial charge is 0.306 e. The fourth-order valence-electron chi connectivity index (χ4n) is 3.21. The number of aliphatic carboxylic acids is 1. The van der Waals surface area contributed by atoms with E-state index in [-0.39, 0.29) is 18.4 Å². The van der Waals surface area contributed by atoms with Crippen LogP contribution in [0, 0.1) is 5.92 Å². The van der Waals surface area contributed by atoms with Gasteiger partial charge in [-0.1, -0.05) is 0 Å². The Hall–Kier alpha value is -2.77. The maximum atomic E-state index is 12.8. The SMILES string of the molecule is CC(=O)N([C@H]([C]=O)CC(=O)O)N1CCCC(CCc2ccncc2)C1=O. The Kier molecular flexibility index (Phi) is 6.82. The van der Waals surface area contributed by atoms with Crippen molar-refractivity contribution in [1.29, 1.82) is 0 Å². The molecule has 0 aliphatic carbocycles. The van der Waals surface area contributed by atoms with Crippen molar-refractivity contribution in [2.45, 2.75) is 45.1 Å². The first kappa shape index (κ1) is 19.6. The van der Waals surface area contributed by atoms with Gasteiger partial charge in [-0.15, -0.1) is 0 Å². The highest BCUT2D eigenvalue weighted by Gasteiger charge is 2.37. The molecule has 8 nitrogen and oxygen atoms in total. The van der Waals surface area contributed by atoms with E-state index in [1.165, 1.54) is 11.9 Å². The summed E-state index contributed by atoms with van der Waals surface area (Å²) in [5, 5.41) is 11.1. The van der Waals surface area contributed by atoms with Gasteiger partial charge in [0.1, 0.15) is 6.04 Å². The number of rotatable bonds is 8. The molecule has 1 N–H and O–H groups in total. The lowest BCUT2D eigenvalue weighted by Gasteiger charge is -2.41. The van der Waals surface area contributed by atoms with Crippen LogP contribution in [-0.4, -0.2) is 56.8 Å². The lowest BCUT2D eigenvalue weighted by atomic mass is 9.91. The topological polar surface area (TPSA) is 108 Å². The van der Waals surface area contributed by atoms with E-state index in [2.05, 4.69) is 4.98 Å². The fraction of sp³-hybridized carbons (Fsp3) is 0.500. The van der Waals surface area contributed by atoms with Gasteiger partial charge in [-0.05, 0) is 43.4 Å². The van der Waals surface area contributed by atoms with Gasteiger partial charge in [0.2, 0.25) is 18.1 Å². The summed E-state index contributed by atoms with van der Waals surface area (Å²) in [6.45, 7) is 1.49. The zero-order chi connectivity index (χ0) is 19.1. The van der Waals surface area contributed by atoms with Crippen molar-refractivity contribution in [3.63, 3.8) is 0 Å². The monoisotopic (exact) mass is 360 g/mol. The largest absolute Gasteiger partial charge is 0.481 e. The number of hydrogen-bond acceptors (Lipinski definition) is 5. The number of aromatic nitrogens is 1. The molecule has 1 aromatic rings. The van der Waals surface area contributed by atoms with Gasteiger partial charge in [-0.2, -0.15) is 0 Å². The quantitative estimate of drug-likeness (QED) is 0.740. The number of piperidine rings is 1. The minimum atomic E-state index is -1.31. The van der Waals surface area contributed by atoms with E-state index < -0.39 is 24.3 Å². The van der Waals surface area contributed by atoms with E-state index in [1.54, 1.807) is 18.7 Å². The molecule has 1 radical (unpaired) electrons. The molecule has 1 saturated heterocycles. The Balaban J connectivity index is 2.11. The van der Waals surface area contributed by atoms with Crippen LogP contribution in [0.15, 0.2) is 24.5 Å². The Morgan fingerprint density at radius 3 is 2.69 bits per heavy atom. The third kappa shape index (κ3) is 4.87. The van der Waals surface area contributed by atoms with Crippen LogP contribution < -0.4 is 0 Å². The molecule has 0 spiro atoms. The zero-order valence-electron chi connectivity index (χ0n) is 14.6. The van der Waals surface area contributed by atoms with E-state index in [4.69, 9.17) is 5.11 Å². The molecule has 2 heterocycles. The van der Waals surface area contributed by atoms with E-state index in [9.17, 15) is 19.2 Å². The highest BCUT2D eigenvalue weighted by molar-refractivity contribution is 5.86. The molecule has 2 rings (SSSR count). The molecule has 0 aromatic carbocycles. The molecule has 1 unspecified atom stereocenters. The highest BCUT2D eigenvalue weighted by atomic mass is 16.4. The molecule has 139 valence electrons. The lowest BCUT2D eigenvalue weighted by molar-refractivity contribution is -0.173. The summed E-state index contributed by atoms with van der Waals surface area (Å²) in [5.74, 6) is -2.33. The predicted octanol–water partition coefficient (Wildman–Crippen LogP) is 0.969. The van der Waals surface area contributed by atoms with Crippen LogP contribution in [0.25, 0.3) is 0 Å². The number of carboxylic acids is 1. The fourth-order valence-corrected chi connectivity index (χ4v) is 3.21. The van der Waals surface area contributed by atoms with E-state index in [0.717, 1.165) is 10.6 Å². The first-order chi connectivity index (χ1) is 12.4. The number of amides is 2. The second kappa shape index (κ2) is 9.07. The van der Waals surface area contributed by atoms with Gasteiger partial charge in [0.05, 0.1) is 6.42 Å². The minimum Gasteiger partial charge on any atom is -0.481 e. The van der Waals surface area contributed by atoms with E-state index in [1.807, 2.05) is 12.1 Å². The Bertz CT molecular complexity index is 664. The van der Waals surface area contributed by atoms with Crippen molar-refractivity contribution < 1.29 is 24.3 Å². The summed E-state index contributed by atoms with van der Waals surface area (Å²) in [6, 6.07) is 2.46. The van der Waals surface area contributed by atoms with Crippen molar-refractivity contribution in [3.8, 4) is 0 Å². The first-order valence-electron chi connectivity index (χ1n) is 8.53. The van der Waals surface area contributed by atoms with Gasteiger partial charge in [-0.3, -0.25) is 29.2 Å². The molecule has 1 fully saturated rings. The maximum Gasteiger partial charge on any atom is 0.306 e. The van der Waals surface area contributed by atoms with Gasteiger partial charge in [0, 0.05) is 31.8 Å². The summed E-state index contributed by atoms with van der Waals surface area (Å²) in [6.07, 6.45) is 7.06. The normalized spacial score (nSPS) is 18.3. The van der Waals surface area contributed by atoms with Crippen molar-refractivity contribution >= 4 is 24.1 Å². The van der Waals surface area contributed by atoms with Crippen molar-refractivity contribution in [3.05, 3.63) is 30.1 Å². The zero-order valence-corrected chi connectivity index (χ0v) is 14.6. The van der Waals surface area contributed by atoms with Gasteiger partial charge in [0.15, 0.2) is 0 Å². The number of hydrazine groups is 1. The summed E-state index contributed by atoms with van der Waals surface area (Å²) in [7, 11) is 0. The number of aryl methyl sites for hydroxylation is 1. The molecule has 1 aliphatic heterocycles. The molecule has 1 aliphatic rings. The van der Waals surface area contributed by atoms with Gasteiger partial charge >= 0.3 is 5.97 Å². The molecular weight excluding hydrogens is 338 g/mol. The highest BCUT2D eigenvalue weighted by Crippen LogP contribution is 2.25. The molecule has 26 heavy (non-hydrogen) atoms. The molecule has 0 bridgehead atoms. The summed E-state index contributed by atoms with van der Waals surface area (Å²) < 4.78 is 0. The molecular formula is C18H22N3O5. The first-order valence-corrected chi connectivity index (χ1v) is 8.53. The number of carboxylic acid groups (broad SMARTS) is 1. The second-order valence-corrected chi connectivity index (χ2v) is 6.29. The van der Waals surface area contributed by atoms with Crippen LogP contribution >= 0.6 is 0 Å². The van der Waals surface area contributed by atoms with Crippen LogP contribution in [0.1, 0.15) is 38.2 Å². The number of hydrogen-bond donors (Lipinski definition) is 1. The Labute approximate surface area is 151 Å². The Morgan fingerprint density at radius 2 is 2.12 bits per heavy atom. The Morgan fingerprint density at radius 1 is 1.42 bits per heavy atom. The standard InChI is InChI=1S/C18H22N3O5/c1-13(23)21(16(12-22)11-17(24)25)20-10-2-3-15(18(20)26)5-4-14-6-8-19-9-7-14/h6-9,15-16H,2-5,10-11H2,1H3,(H,24,25)/t15?,16-/m0/s1. The van der Waals surface area contributed by atoms with Crippen LogP contribution in [0.5, 0.6) is 0 Å². The van der Waals surface area contributed by atoms with Crippen molar-refractivity contribution in [1.82, 2.24) is 15.0 Å². The van der Waals surface area contributed by atoms with Crippen molar-refractivity contribution in [2.24, 2.45) is 5.92 Å². The third-order valence-electron chi connectivity index (χ3n) is 4.44. The average molecular weight is 360 g/mol. The van der Waals surface area contributed by atoms with Gasteiger partial charge in [-0.25, -0.2) is 5.01 Å². The number of carbonyl (C=O) groups is 3. The van der Waals surface area contributed by atoms with Gasteiger partial charge in [0.25, 0.3) is 0 Å². The molecule has 2 atom stereocenters. The van der Waals surface area contributed by atoms with Crippen LogP contribution in [0.2, 0.25) is 0 Å². The molecule has 8 heteroatoms. The van der Waals surface area contributed by atoms with Crippen molar-refractivity contribution in [2.75, 3.05) is 6.54 Å². The third-order valence-corrected chi connectivity index (χ3v) is 4.44. The van der Waals surface area contributed by atoms with E-state index in [0.29, 0.717) is 25.7 Å². The summed E-state index contributed by atoms with van der Waals surface area (Å²) >= 11 is 0. The predicted molar refractivity (Wildman–Crippen MR) is 91.2 cm³/mol. The lowest BCUT2D eigenvalue weighted by Crippen LogP contribution is -2.58.